The van der Waals surface area contributed by atoms with Gasteiger partial charge in [-0.05, 0) is 46.5 Å². The predicted octanol–water partition coefficient (Wildman–Crippen LogP) is 3.89. The van der Waals surface area contributed by atoms with Crippen LogP contribution in [0, 0.1) is 0 Å². The summed E-state index contributed by atoms with van der Waals surface area (Å²) in [5.41, 5.74) is 1.84. The largest absolute Gasteiger partial charge is 0.439 e. The van der Waals surface area contributed by atoms with Gasteiger partial charge in [0.25, 0.3) is 0 Å². The maximum Gasteiger partial charge on any atom is 0.417 e. The Morgan fingerprint density at radius 2 is 2.00 bits per heavy atom. The van der Waals surface area contributed by atoms with Crippen LogP contribution in [-0.4, -0.2) is 27.9 Å². The van der Waals surface area contributed by atoms with Crippen molar-refractivity contribution in [3.63, 3.8) is 0 Å². The molecule has 3 rings (SSSR count). The van der Waals surface area contributed by atoms with Gasteiger partial charge in [0.2, 0.25) is 5.91 Å². The molecule has 0 spiro atoms. The average molecular weight is 389 g/mol. The number of carbonyl (C=O) groups excluding carboxylic acids is 2. The lowest BCUT2D eigenvalue weighted by molar-refractivity contribution is -0.129. The SMILES string of the molecule is C[C@@H]1[C@H](c2ccccc2)OC(=O)N1C(=O)CCc1ccc(Br)nc1. The first-order valence-corrected chi connectivity index (χ1v) is 8.53. The third-order valence-corrected chi connectivity index (χ3v) is 4.55. The molecule has 24 heavy (non-hydrogen) atoms. The number of carbonyl (C=O) groups is 2. The summed E-state index contributed by atoms with van der Waals surface area (Å²) < 4.78 is 6.16. The zero-order valence-corrected chi connectivity index (χ0v) is 14.8. The van der Waals surface area contributed by atoms with Crippen molar-refractivity contribution in [1.82, 2.24) is 9.88 Å². The van der Waals surface area contributed by atoms with E-state index in [9.17, 15) is 9.59 Å². The molecule has 1 aromatic heterocycles. The van der Waals surface area contributed by atoms with Gasteiger partial charge in [-0.3, -0.25) is 4.79 Å². The number of rotatable bonds is 4. The number of imide groups is 1. The molecule has 0 N–H and O–H groups in total. The fourth-order valence-corrected chi connectivity index (χ4v) is 3.04. The van der Waals surface area contributed by atoms with E-state index < -0.39 is 12.2 Å². The highest BCUT2D eigenvalue weighted by molar-refractivity contribution is 9.10. The predicted molar refractivity (Wildman–Crippen MR) is 92.2 cm³/mol. The zero-order chi connectivity index (χ0) is 17.1. The number of ether oxygens (including phenoxy) is 1. The molecule has 0 aliphatic carbocycles. The van der Waals surface area contributed by atoms with E-state index >= 15 is 0 Å². The highest BCUT2D eigenvalue weighted by atomic mass is 79.9. The number of aryl methyl sites for hydroxylation is 1. The first-order chi connectivity index (χ1) is 11.6. The van der Waals surface area contributed by atoms with Crippen LogP contribution in [-0.2, 0) is 16.0 Å². The number of nitrogens with zero attached hydrogens (tertiary/aromatic N) is 2. The summed E-state index contributed by atoms with van der Waals surface area (Å²) in [6.07, 6.45) is 1.50. The quantitative estimate of drug-likeness (QED) is 0.745. The molecular formula is C18H17BrN2O3. The van der Waals surface area contributed by atoms with Crippen molar-refractivity contribution in [3.8, 4) is 0 Å². The fourth-order valence-electron chi connectivity index (χ4n) is 2.81. The minimum absolute atomic E-state index is 0.228. The number of benzene rings is 1. The van der Waals surface area contributed by atoms with Gasteiger partial charge >= 0.3 is 6.09 Å². The number of cyclic esters (lactones) is 1. The maximum atomic E-state index is 12.5. The zero-order valence-electron chi connectivity index (χ0n) is 13.2. The van der Waals surface area contributed by atoms with E-state index in [0.29, 0.717) is 6.42 Å². The summed E-state index contributed by atoms with van der Waals surface area (Å²) in [6, 6.07) is 12.9. The number of amides is 2. The number of hydrogen-bond acceptors (Lipinski definition) is 4. The van der Waals surface area contributed by atoms with Crippen LogP contribution in [0.1, 0.15) is 30.6 Å². The van der Waals surface area contributed by atoms with E-state index in [1.807, 2.05) is 49.4 Å². The highest BCUT2D eigenvalue weighted by Crippen LogP contribution is 2.32. The first-order valence-electron chi connectivity index (χ1n) is 7.74. The molecule has 1 aromatic carbocycles. The van der Waals surface area contributed by atoms with Crippen molar-refractivity contribution in [2.45, 2.75) is 31.9 Å². The Morgan fingerprint density at radius 1 is 1.25 bits per heavy atom. The lowest BCUT2D eigenvalue weighted by Gasteiger charge is -2.19. The van der Waals surface area contributed by atoms with E-state index in [1.54, 1.807) is 6.20 Å². The second kappa shape index (κ2) is 7.13. The molecule has 1 fully saturated rings. The summed E-state index contributed by atoms with van der Waals surface area (Å²) in [7, 11) is 0. The fraction of sp³-hybridized carbons (Fsp3) is 0.278. The number of halogens is 1. The Hall–Kier alpha value is -2.21. The Labute approximate surface area is 148 Å². The van der Waals surface area contributed by atoms with Crippen LogP contribution < -0.4 is 0 Å². The van der Waals surface area contributed by atoms with Gasteiger partial charge in [0.05, 0.1) is 6.04 Å². The Kier molecular flexibility index (Phi) is 4.94. The summed E-state index contributed by atoms with van der Waals surface area (Å²) in [4.78, 5) is 30.0. The lowest BCUT2D eigenvalue weighted by atomic mass is 10.0. The Morgan fingerprint density at radius 3 is 2.67 bits per heavy atom. The van der Waals surface area contributed by atoms with Crippen molar-refractivity contribution in [3.05, 3.63) is 64.4 Å². The van der Waals surface area contributed by atoms with Crippen LogP contribution in [0.25, 0.3) is 0 Å². The van der Waals surface area contributed by atoms with E-state index in [-0.39, 0.29) is 18.4 Å². The van der Waals surface area contributed by atoms with Crippen LogP contribution in [0.4, 0.5) is 4.79 Å². The van der Waals surface area contributed by atoms with E-state index in [0.717, 1.165) is 15.7 Å². The molecule has 2 heterocycles. The number of pyridine rings is 1. The van der Waals surface area contributed by atoms with Gasteiger partial charge in [-0.15, -0.1) is 0 Å². The lowest BCUT2D eigenvalue weighted by Crippen LogP contribution is -2.37. The molecule has 0 unspecified atom stereocenters. The summed E-state index contributed by atoms with van der Waals surface area (Å²) in [5.74, 6) is -0.228. The molecule has 1 saturated heterocycles. The van der Waals surface area contributed by atoms with Gasteiger partial charge in [0.15, 0.2) is 0 Å². The van der Waals surface area contributed by atoms with Gasteiger partial charge in [0.1, 0.15) is 10.7 Å². The molecule has 0 bridgehead atoms. The molecule has 5 nitrogen and oxygen atoms in total. The van der Waals surface area contributed by atoms with Crippen molar-refractivity contribution >= 4 is 27.9 Å². The van der Waals surface area contributed by atoms with Gasteiger partial charge in [-0.2, -0.15) is 0 Å². The van der Waals surface area contributed by atoms with E-state index in [4.69, 9.17) is 4.74 Å². The van der Waals surface area contributed by atoms with Gasteiger partial charge in [0, 0.05) is 12.6 Å². The first kappa shape index (κ1) is 16.6. The molecule has 1 aliphatic rings. The molecule has 1 aliphatic heterocycles. The Balaban J connectivity index is 1.66. The van der Waals surface area contributed by atoms with Crippen molar-refractivity contribution in [2.24, 2.45) is 0 Å². The molecule has 2 atom stereocenters. The molecule has 0 radical (unpaired) electrons. The van der Waals surface area contributed by atoms with Crippen molar-refractivity contribution in [2.75, 3.05) is 0 Å². The maximum absolute atomic E-state index is 12.5. The Bertz CT molecular complexity index is 734. The average Bonchev–Trinajstić information content (AvgIpc) is 2.89. The standard InChI is InChI=1S/C18H17BrN2O3/c1-12-17(14-5-3-2-4-6-14)24-18(23)21(12)16(22)10-8-13-7-9-15(19)20-11-13/h2-7,9,11-12,17H,8,10H2,1H3/t12-,17-/m1/s1. The smallest absolute Gasteiger partial charge is 0.417 e. The number of hydrogen-bond donors (Lipinski definition) is 0. The summed E-state index contributed by atoms with van der Waals surface area (Å²) in [6.45, 7) is 1.83. The molecule has 2 aromatic rings. The van der Waals surface area contributed by atoms with Crippen LogP contribution >= 0.6 is 15.9 Å². The topological polar surface area (TPSA) is 59.5 Å². The molecule has 6 heteroatoms. The molecule has 2 amide bonds. The molecular weight excluding hydrogens is 372 g/mol. The van der Waals surface area contributed by atoms with Crippen molar-refractivity contribution < 1.29 is 14.3 Å². The van der Waals surface area contributed by atoms with E-state index in [1.165, 1.54) is 4.90 Å². The van der Waals surface area contributed by atoms with E-state index in [2.05, 4.69) is 20.9 Å². The minimum atomic E-state index is -0.574. The summed E-state index contributed by atoms with van der Waals surface area (Å²) >= 11 is 3.28. The van der Waals surface area contributed by atoms with Gasteiger partial charge < -0.3 is 4.74 Å². The molecule has 0 saturated carbocycles. The monoisotopic (exact) mass is 388 g/mol. The number of aromatic nitrogens is 1. The third kappa shape index (κ3) is 3.48. The van der Waals surface area contributed by atoms with Crippen molar-refractivity contribution in [1.29, 1.82) is 0 Å². The van der Waals surface area contributed by atoms with Crippen LogP contribution in [0.2, 0.25) is 0 Å². The van der Waals surface area contributed by atoms with Crippen LogP contribution in [0.3, 0.4) is 0 Å². The second-order valence-corrected chi connectivity index (χ2v) is 6.52. The van der Waals surface area contributed by atoms with Crippen LogP contribution in [0.15, 0.2) is 53.3 Å². The minimum Gasteiger partial charge on any atom is -0.439 e. The third-order valence-electron chi connectivity index (χ3n) is 4.08. The van der Waals surface area contributed by atoms with Gasteiger partial charge in [-0.1, -0.05) is 36.4 Å². The normalized spacial score (nSPS) is 20.1. The van der Waals surface area contributed by atoms with Gasteiger partial charge in [-0.25, -0.2) is 14.7 Å². The van der Waals surface area contributed by atoms with Crippen LogP contribution in [0.5, 0.6) is 0 Å². The second-order valence-electron chi connectivity index (χ2n) is 5.71. The highest BCUT2D eigenvalue weighted by Gasteiger charge is 2.42. The summed E-state index contributed by atoms with van der Waals surface area (Å²) in [5, 5.41) is 0. The molecule has 124 valence electrons.